The first-order chi connectivity index (χ1) is 12.6. The van der Waals surface area contributed by atoms with Gasteiger partial charge in [-0.15, -0.1) is 0 Å². The number of carbonyl (C=O) groups is 2. The first kappa shape index (κ1) is 18.9. The van der Waals surface area contributed by atoms with Gasteiger partial charge in [0.2, 0.25) is 5.91 Å². The van der Waals surface area contributed by atoms with Crippen LogP contribution in [0.4, 0.5) is 0 Å². The number of likely N-dealkylation sites (N-methyl/N-ethyl adjacent to an activating group) is 1. The number of piperidine rings is 1. The molecule has 26 heavy (non-hydrogen) atoms. The average Bonchev–Trinajstić information content (AvgIpc) is 2.67. The maximum atomic E-state index is 12.9. The van der Waals surface area contributed by atoms with Crippen molar-refractivity contribution in [2.75, 3.05) is 27.2 Å². The minimum Gasteiger partial charge on any atom is -0.355 e. The molecule has 1 saturated carbocycles. The summed E-state index contributed by atoms with van der Waals surface area (Å²) in [4.78, 5) is 28.7. The van der Waals surface area contributed by atoms with Crippen molar-refractivity contribution in [3.8, 4) is 0 Å². The Morgan fingerprint density at radius 2 is 1.81 bits per heavy atom. The molecule has 0 aromatic heterocycles. The molecular formula is C21H31N3O2. The maximum absolute atomic E-state index is 12.9. The van der Waals surface area contributed by atoms with Crippen molar-refractivity contribution in [3.63, 3.8) is 0 Å². The molecule has 2 amide bonds. The third-order valence-corrected chi connectivity index (χ3v) is 5.86. The van der Waals surface area contributed by atoms with Gasteiger partial charge in [-0.25, -0.2) is 0 Å². The summed E-state index contributed by atoms with van der Waals surface area (Å²) < 4.78 is 0. The van der Waals surface area contributed by atoms with E-state index in [4.69, 9.17) is 0 Å². The molecule has 5 nitrogen and oxygen atoms in total. The lowest BCUT2D eigenvalue weighted by molar-refractivity contribution is -0.138. The average molecular weight is 357 g/mol. The number of nitrogens with one attached hydrogen (secondary N) is 1. The molecular weight excluding hydrogens is 326 g/mol. The minimum absolute atomic E-state index is 0.0767. The number of benzene rings is 1. The Labute approximate surface area is 156 Å². The molecule has 0 radical (unpaired) electrons. The largest absolute Gasteiger partial charge is 0.355 e. The highest BCUT2D eigenvalue weighted by atomic mass is 16.2. The molecule has 5 heteroatoms. The molecule has 1 aliphatic carbocycles. The minimum atomic E-state index is -0.0767. The van der Waals surface area contributed by atoms with Crippen LogP contribution in [0.5, 0.6) is 0 Å². The molecule has 0 bridgehead atoms. The van der Waals surface area contributed by atoms with Gasteiger partial charge in [-0.05, 0) is 56.3 Å². The standard InChI is InChI=1S/C21H31N3O2/c1-22-21(26)18-11-9-16(10-12-18)14-23(2)15-20(25)24-13-5-7-17-6-3-4-8-19(17)24/h9-12,17,19H,3-8,13-15H2,1-2H3,(H,22,26)/t17-,19-/m0/s1. The summed E-state index contributed by atoms with van der Waals surface area (Å²) in [6.07, 6.45) is 7.51. The van der Waals surface area contributed by atoms with Gasteiger partial charge in [0.05, 0.1) is 6.54 Å². The van der Waals surface area contributed by atoms with Crippen molar-refractivity contribution in [3.05, 3.63) is 35.4 Å². The summed E-state index contributed by atoms with van der Waals surface area (Å²) in [6, 6.07) is 8.07. The van der Waals surface area contributed by atoms with E-state index < -0.39 is 0 Å². The Kier molecular flexibility index (Phi) is 6.30. The second-order valence-corrected chi connectivity index (χ2v) is 7.79. The van der Waals surface area contributed by atoms with Gasteiger partial charge in [0.25, 0.3) is 5.91 Å². The molecule has 1 aromatic rings. The number of hydrogen-bond acceptors (Lipinski definition) is 3. The number of hydrogen-bond donors (Lipinski definition) is 1. The van der Waals surface area contributed by atoms with Gasteiger partial charge >= 0.3 is 0 Å². The zero-order valence-corrected chi connectivity index (χ0v) is 16.0. The van der Waals surface area contributed by atoms with E-state index >= 15 is 0 Å². The second-order valence-electron chi connectivity index (χ2n) is 7.79. The highest BCUT2D eigenvalue weighted by molar-refractivity contribution is 5.93. The van der Waals surface area contributed by atoms with E-state index in [0.717, 1.165) is 24.4 Å². The van der Waals surface area contributed by atoms with Gasteiger partial charge in [-0.1, -0.05) is 25.0 Å². The molecule has 1 aliphatic heterocycles. The number of carbonyl (C=O) groups excluding carboxylic acids is 2. The van der Waals surface area contributed by atoms with Crippen molar-refractivity contribution < 1.29 is 9.59 Å². The predicted octanol–water partition coefficient (Wildman–Crippen LogP) is 2.66. The second kappa shape index (κ2) is 8.67. The zero-order chi connectivity index (χ0) is 18.5. The fraction of sp³-hybridized carbons (Fsp3) is 0.619. The normalized spacial score (nSPS) is 22.8. The van der Waals surface area contributed by atoms with E-state index in [9.17, 15) is 9.59 Å². The monoisotopic (exact) mass is 357 g/mol. The molecule has 1 N–H and O–H groups in total. The van der Waals surface area contributed by atoms with Gasteiger partial charge in [-0.3, -0.25) is 14.5 Å². The topological polar surface area (TPSA) is 52.7 Å². The van der Waals surface area contributed by atoms with Crippen LogP contribution < -0.4 is 5.32 Å². The summed E-state index contributed by atoms with van der Waals surface area (Å²) in [5, 5.41) is 2.63. The summed E-state index contributed by atoms with van der Waals surface area (Å²) in [5.41, 5.74) is 1.77. The zero-order valence-electron chi connectivity index (χ0n) is 16.0. The van der Waals surface area contributed by atoms with Crippen LogP contribution in [0, 0.1) is 5.92 Å². The Balaban J connectivity index is 1.54. The highest BCUT2D eigenvalue weighted by Crippen LogP contribution is 2.35. The summed E-state index contributed by atoms with van der Waals surface area (Å²) in [7, 11) is 3.62. The Morgan fingerprint density at radius 1 is 1.12 bits per heavy atom. The lowest BCUT2D eigenvalue weighted by Crippen LogP contribution is -2.52. The highest BCUT2D eigenvalue weighted by Gasteiger charge is 2.35. The molecule has 2 atom stereocenters. The first-order valence-electron chi connectivity index (χ1n) is 9.87. The lowest BCUT2D eigenvalue weighted by atomic mass is 9.78. The number of amides is 2. The van der Waals surface area contributed by atoms with Crippen LogP contribution in [0.1, 0.15) is 54.4 Å². The van der Waals surface area contributed by atoms with E-state index in [0.29, 0.717) is 24.7 Å². The SMILES string of the molecule is CNC(=O)c1ccc(CN(C)CC(=O)N2CCC[C@@H]3CCCC[C@@H]32)cc1. The number of likely N-dealkylation sites (tertiary alicyclic amines) is 1. The van der Waals surface area contributed by atoms with Crippen molar-refractivity contribution in [2.24, 2.45) is 5.92 Å². The summed E-state index contributed by atoms with van der Waals surface area (Å²) in [5.74, 6) is 0.919. The van der Waals surface area contributed by atoms with Gasteiger partial charge in [-0.2, -0.15) is 0 Å². The van der Waals surface area contributed by atoms with Crippen molar-refractivity contribution >= 4 is 11.8 Å². The first-order valence-corrected chi connectivity index (χ1v) is 9.87. The van der Waals surface area contributed by atoms with Crippen LogP contribution in [-0.2, 0) is 11.3 Å². The van der Waals surface area contributed by atoms with Crippen molar-refractivity contribution in [1.82, 2.24) is 15.1 Å². The lowest BCUT2D eigenvalue weighted by Gasteiger charge is -2.44. The summed E-state index contributed by atoms with van der Waals surface area (Å²) >= 11 is 0. The molecule has 1 aromatic carbocycles. The summed E-state index contributed by atoms with van der Waals surface area (Å²) in [6.45, 7) is 2.09. The Morgan fingerprint density at radius 3 is 2.54 bits per heavy atom. The van der Waals surface area contributed by atoms with Crippen molar-refractivity contribution in [1.29, 1.82) is 0 Å². The fourth-order valence-corrected chi connectivity index (χ4v) is 4.53. The van der Waals surface area contributed by atoms with E-state index in [-0.39, 0.29) is 11.8 Å². The van der Waals surface area contributed by atoms with Gasteiger partial charge in [0.15, 0.2) is 0 Å². The molecule has 0 spiro atoms. The van der Waals surface area contributed by atoms with Gasteiger partial charge in [0, 0.05) is 31.7 Å². The molecule has 0 unspecified atom stereocenters. The van der Waals surface area contributed by atoms with Crippen LogP contribution in [0.25, 0.3) is 0 Å². The molecule has 2 aliphatic rings. The van der Waals surface area contributed by atoms with Crippen LogP contribution in [-0.4, -0.2) is 54.8 Å². The molecule has 2 fully saturated rings. The van der Waals surface area contributed by atoms with Crippen LogP contribution in [0.3, 0.4) is 0 Å². The van der Waals surface area contributed by atoms with Gasteiger partial charge < -0.3 is 10.2 Å². The quantitative estimate of drug-likeness (QED) is 0.881. The van der Waals surface area contributed by atoms with Crippen molar-refractivity contribution in [2.45, 2.75) is 51.1 Å². The van der Waals surface area contributed by atoms with Crippen LogP contribution in [0.2, 0.25) is 0 Å². The molecule has 3 rings (SSSR count). The van der Waals surface area contributed by atoms with Crippen LogP contribution in [0.15, 0.2) is 24.3 Å². The van der Waals surface area contributed by atoms with Gasteiger partial charge in [0.1, 0.15) is 0 Å². The Bertz CT molecular complexity index is 627. The molecule has 1 heterocycles. The Hall–Kier alpha value is -1.88. The van der Waals surface area contributed by atoms with E-state index in [1.165, 1.54) is 32.1 Å². The fourth-order valence-electron chi connectivity index (χ4n) is 4.53. The van der Waals surface area contributed by atoms with Crippen LogP contribution >= 0.6 is 0 Å². The maximum Gasteiger partial charge on any atom is 0.251 e. The smallest absolute Gasteiger partial charge is 0.251 e. The van der Waals surface area contributed by atoms with E-state index in [1.807, 2.05) is 31.3 Å². The third kappa shape index (κ3) is 4.44. The van der Waals surface area contributed by atoms with E-state index in [1.54, 1.807) is 7.05 Å². The molecule has 142 valence electrons. The molecule has 1 saturated heterocycles. The number of rotatable bonds is 5. The van der Waals surface area contributed by atoms with E-state index in [2.05, 4.69) is 15.1 Å². The third-order valence-electron chi connectivity index (χ3n) is 5.86. The predicted molar refractivity (Wildman–Crippen MR) is 103 cm³/mol. The number of fused-ring (bicyclic) bond motifs is 1. The number of nitrogens with zero attached hydrogens (tertiary/aromatic N) is 2.